The minimum absolute atomic E-state index is 0.159. The SMILES string of the molecule is CC(CC1CCC(C)(C)NC1=O)NC(=O)C(CC1CC1(F)F)NC(=O)C(NC(=O)C(F)(F)F)C(C)(C)C. The maximum Gasteiger partial charge on any atom is 0.471 e. The highest BCUT2D eigenvalue weighted by atomic mass is 19.4. The van der Waals surface area contributed by atoms with Gasteiger partial charge in [0, 0.05) is 29.8 Å². The van der Waals surface area contributed by atoms with Crippen LogP contribution in [-0.4, -0.2) is 59.4 Å². The molecule has 5 unspecified atom stereocenters. The van der Waals surface area contributed by atoms with E-state index in [9.17, 15) is 41.1 Å². The fraction of sp³-hybridized carbons (Fsp3) is 0.833. The first-order valence-corrected chi connectivity index (χ1v) is 12.3. The largest absolute Gasteiger partial charge is 0.471 e. The molecular formula is C24H37F5N4O4. The van der Waals surface area contributed by atoms with Crippen molar-refractivity contribution in [1.82, 2.24) is 21.3 Å². The molecule has 4 N–H and O–H groups in total. The average molecular weight is 541 g/mol. The van der Waals surface area contributed by atoms with Crippen LogP contribution in [0.2, 0.25) is 0 Å². The van der Waals surface area contributed by atoms with Crippen molar-refractivity contribution < 1.29 is 41.1 Å². The molecule has 1 saturated heterocycles. The van der Waals surface area contributed by atoms with Crippen molar-refractivity contribution in [3.63, 3.8) is 0 Å². The lowest BCUT2D eigenvalue weighted by atomic mass is 9.83. The van der Waals surface area contributed by atoms with Gasteiger partial charge < -0.3 is 21.3 Å². The summed E-state index contributed by atoms with van der Waals surface area (Å²) in [6, 6.07) is -3.71. The summed E-state index contributed by atoms with van der Waals surface area (Å²) in [6.45, 7) is 9.67. The first-order valence-electron chi connectivity index (χ1n) is 12.3. The molecule has 5 atom stereocenters. The van der Waals surface area contributed by atoms with Crippen molar-refractivity contribution >= 4 is 23.6 Å². The second-order valence-corrected chi connectivity index (χ2v) is 12.0. The van der Waals surface area contributed by atoms with Crippen LogP contribution in [-0.2, 0) is 19.2 Å². The molecule has 2 fully saturated rings. The highest BCUT2D eigenvalue weighted by Crippen LogP contribution is 2.51. The van der Waals surface area contributed by atoms with Crippen molar-refractivity contribution in [3.05, 3.63) is 0 Å². The van der Waals surface area contributed by atoms with Crippen molar-refractivity contribution in [2.24, 2.45) is 17.3 Å². The highest BCUT2D eigenvalue weighted by Gasteiger charge is 2.57. The first kappa shape index (κ1) is 30.8. The monoisotopic (exact) mass is 540 g/mol. The smallest absolute Gasteiger partial charge is 0.352 e. The first-order chi connectivity index (χ1) is 16.6. The highest BCUT2D eigenvalue weighted by molar-refractivity contribution is 5.93. The molecule has 2 rings (SSSR count). The van der Waals surface area contributed by atoms with Gasteiger partial charge in [-0.1, -0.05) is 20.8 Å². The fourth-order valence-electron chi connectivity index (χ4n) is 4.40. The third-order valence-corrected chi connectivity index (χ3v) is 6.75. The van der Waals surface area contributed by atoms with E-state index in [4.69, 9.17) is 0 Å². The normalized spacial score (nSPS) is 25.2. The summed E-state index contributed by atoms with van der Waals surface area (Å²) in [5, 5.41) is 9.44. The lowest BCUT2D eigenvalue weighted by Gasteiger charge is -2.36. The van der Waals surface area contributed by atoms with Crippen molar-refractivity contribution in [1.29, 1.82) is 0 Å². The number of carbonyl (C=O) groups excluding carboxylic acids is 4. The van der Waals surface area contributed by atoms with E-state index in [2.05, 4.69) is 16.0 Å². The third-order valence-electron chi connectivity index (χ3n) is 6.75. The predicted molar refractivity (Wildman–Crippen MR) is 124 cm³/mol. The standard InChI is InChI=1S/C24H37F5N4O4/c1-12(9-13-7-8-22(5,6)33-17(13)34)30-18(35)15(10-14-11-23(14,25)26)31-19(36)16(21(2,3)4)32-20(37)24(27,28)29/h12-16H,7-11H2,1-6H3,(H,30,35)(H,31,36)(H,32,37)(H,33,34). The fourth-order valence-corrected chi connectivity index (χ4v) is 4.40. The second kappa shape index (κ2) is 10.7. The summed E-state index contributed by atoms with van der Waals surface area (Å²) in [5.74, 6) is -8.94. The van der Waals surface area contributed by atoms with Gasteiger partial charge in [-0.15, -0.1) is 0 Å². The van der Waals surface area contributed by atoms with Gasteiger partial charge >= 0.3 is 12.1 Å². The van der Waals surface area contributed by atoms with Gasteiger partial charge in [0.25, 0.3) is 5.92 Å². The molecule has 1 heterocycles. The van der Waals surface area contributed by atoms with Gasteiger partial charge in [-0.05, 0) is 51.9 Å². The Morgan fingerprint density at radius 3 is 2.05 bits per heavy atom. The van der Waals surface area contributed by atoms with Crippen LogP contribution in [0.25, 0.3) is 0 Å². The van der Waals surface area contributed by atoms with Crippen LogP contribution in [0.3, 0.4) is 0 Å². The number of piperidine rings is 1. The average Bonchev–Trinajstić information content (AvgIpc) is 3.31. The van der Waals surface area contributed by atoms with E-state index in [0.717, 1.165) is 6.42 Å². The lowest BCUT2D eigenvalue weighted by Crippen LogP contribution is -2.60. The Morgan fingerprint density at radius 1 is 1.03 bits per heavy atom. The van der Waals surface area contributed by atoms with Crippen molar-refractivity contribution in [2.45, 2.75) is 109 Å². The Labute approximate surface area is 213 Å². The van der Waals surface area contributed by atoms with E-state index < -0.39 is 72.1 Å². The van der Waals surface area contributed by atoms with E-state index in [-0.39, 0.29) is 23.8 Å². The number of nitrogens with one attached hydrogen (secondary N) is 4. The van der Waals surface area contributed by atoms with E-state index in [1.165, 1.54) is 20.8 Å². The number of hydrogen-bond donors (Lipinski definition) is 4. The van der Waals surface area contributed by atoms with Gasteiger partial charge in [0.15, 0.2) is 0 Å². The lowest BCUT2D eigenvalue weighted by molar-refractivity contribution is -0.175. The van der Waals surface area contributed by atoms with Crippen LogP contribution < -0.4 is 21.3 Å². The molecule has 0 aromatic rings. The van der Waals surface area contributed by atoms with Crippen LogP contribution in [0.4, 0.5) is 22.0 Å². The molecule has 4 amide bonds. The minimum atomic E-state index is -5.24. The Kier molecular flexibility index (Phi) is 8.91. The van der Waals surface area contributed by atoms with E-state index in [1.807, 2.05) is 13.8 Å². The quantitative estimate of drug-likeness (QED) is 0.337. The van der Waals surface area contributed by atoms with Gasteiger partial charge in [0.2, 0.25) is 17.7 Å². The molecule has 8 nitrogen and oxygen atoms in total. The molecule has 212 valence electrons. The summed E-state index contributed by atoms with van der Waals surface area (Å²) in [4.78, 5) is 49.8. The maximum absolute atomic E-state index is 13.6. The number of amides is 4. The van der Waals surface area contributed by atoms with E-state index >= 15 is 0 Å². The molecule has 0 aromatic carbocycles. The maximum atomic E-state index is 13.6. The molecule has 2 aliphatic rings. The molecule has 1 aliphatic heterocycles. The van der Waals surface area contributed by atoms with Gasteiger partial charge in [-0.25, -0.2) is 8.78 Å². The molecule has 37 heavy (non-hydrogen) atoms. The summed E-state index contributed by atoms with van der Waals surface area (Å²) >= 11 is 0. The summed E-state index contributed by atoms with van der Waals surface area (Å²) in [6.07, 6.45) is -4.54. The summed E-state index contributed by atoms with van der Waals surface area (Å²) < 4.78 is 65.6. The van der Waals surface area contributed by atoms with Crippen LogP contribution in [0.15, 0.2) is 0 Å². The van der Waals surface area contributed by atoms with E-state index in [0.29, 0.717) is 6.42 Å². The van der Waals surface area contributed by atoms with Gasteiger partial charge in [-0.3, -0.25) is 19.2 Å². The van der Waals surface area contributed by atoms with Gasteiger partial charge in [-0.2, -0.15) is 13.2 Å². The Bertz CT molecular complexity index is 901. The third kappa shape index (κ3) is 8.80. The topological polar surface area (TPSA) is 116 Å². The number of halogens is 5. The molecule has 1 saturated carbocycles. The van der Waals surface area contributed by atoms with Crippen molar-refractivity contribution in [3.8, 4) is 0 Å². The predicted octanol–water partition coefficient (Wildman–Crippen LogP) is 2.81. The van der Waals surface area contributed by atoms with Gasteiger partial charge in [0.05, 0.1) is 0 Å². The zero-order valence-electron chi connectivity index (χ0n) is 21.9. The molecular weight excluding hydrogens is 503 g/mol. The molecule has 13 heteroatoms. The summed E-state index contributed by atoms with van der Waals surface area (Å²) in [7, 11) is 0. The molecule has 1 aliphatic carbocycles. The minimum Gasteiger partial charge on any atom is -0.352 e. The van der Waals surface area contributed by atoms with Crippen molar-refractivity contribution in [2.75, 3.05) is 0 Å². The molecule has 0 bridgehead atoms. The summed E-state index contributed by atoms with van der Waals surface area (Å²) in [5.41, 5.74) is -1.53. The zero-order valence-corrected chi connectivity index (χ0v) is 21.9. The van der Waals surface area contributed by atoms with E-state index in [1.54, 1.807) is 12.2 Å². The number of alkyl halides is 5. The molecule has 0 radical (unpaired) electrons. The molecule has 0 aromatic heterocycles. The van der Waals surface area contributed by atoms with Gasteiger partial charge in [0.1, 0.15) is 12.1 Å². The Hall–Kier alpha value is -2.47. The van der Waals surface area contributed by atoms with Crippen LogP contribution in [0, 0.1) is 17.3 Å². The van der Waals surface area contributed by atoms with Crippen LogP contribution in [0.5, 0.6) is 0 Å². The Morgan fingerprint density at radius 2 is 1.59 bits per heavy atom. The zero-order chi connectivity index (χ0) is 28.6. The number of hydrogen-bond acceptors (Lipinski definition) is 4. The Balaban J connectivity index is 2.11. The van der Waals surface area contributed by atoms with Crippen LogP contribution in [0.1, 0.15) is 73.6 Å². The molecule has 0 spiro atoms. The number of rotatable bonds is 9. The van der Waals surface area contributed by atoms with Crippen LogP contribution >= 0.6 is 0 Å². The number of carbonyl (C=O) groups is 4. The second-order valence-electron chi connectivity index (χ2n) is 12.0.